The molecular formula is C20H24. The molecule has 0 aliphatic heterocycles. The molecule has 0 saturated carbocycles. The van der Waals surface area contributed by atoms with Crippen LogP contribution in [0.15, 0.2) is 48.5 Å². The molecule has 0 heterocycles. The van der Waals surface area contributed by atoms with Crippen molar-refractivity contribution in [1.82, 2.24) is 0 Å². The van der Waals surface area contributed by atoms with Gasteiger partial charge in [-0.3, -0.25) is 0 Å². The molecule has 0 amide bonds. The predicted octanol–water partition coefficient (Wildman–Crippen LogP) is 5.85. The number of allylic oxidation sites excluding steroid dienone is 1. The van der Waals surface area contributed by atoms with Crippen LogP contribution >= 0.6 is 0 Å². The molecule has 104 valence electrons. The fourth-order valence-corrected chi connectivity index (χ4v) is 2.28. The van der Waals surface area contributed by atoms with Crippen LogP contribution in [-0.2, 0) is 5.41 Å². The zero-order valence-corrected chi connectivity index (χ0v) is 13.2. The number of hydrogen-bond acceptors (Lipinski definition) is 0. The average molecular weight is 264 g/mol. The first kappa shape index (κ1) is 14.6. The van der Waals surface area contributed by atoms with E-state index < -0.39 is 0 Å². The van der Waals surface area contributed by atoms with Crippen molar-refractivity contribution in [2.45, 2.75) is 40.0 Å². The van der Waals surface area contributed by atoms with Gasteiger partial charge in [0.2, 0.25) is 0 Å². The van der Waals surface area contributed by atoms with E-state index in [1.165, 1.54) is 27.8 Å². The molecule has 0 N–H and O–H groups in total. The summed E-state index contributed by atoms with van der Waals surface area (Å²) in [5, 5.41) is 0. The Labute approximate surface area is 123 Å². The summed E-state index contributed by atoms with van der Waals surface area (Å²) in [5.41, 5.74) is 6.81. The number of benzene rings is 2. The van der Waals surface area contributed by atoms with E-state index in [0.29, 0.717) is 0 Å². The maximum absolute atomic E-state index is 2.32. The first-order valence-corrected chi connectivity index (χ1v) is 7.23. The minimum Gasteiger partial charge on any atom is -0.0622 e. The third-order valence-electron chi connectivity index (χ3n) is 3.75. The second kappa shape index (κ2) is 5.66. The highest BCUT2D eigenvalue weighted by Gasteiger charge is 2.14. The normalized spacial score (nSPS) is 12.6. The van der Waals surface area contributed by atoms with Crippen LogP contribution in [0.4, 0.5) is 0 Å². The first-order chi connectivity index (χ1) is 9.38. The Balaban J connectivity index is 2.43. The van der Waals surface area contributed by atoms with Crippen LogP contribution in [0.2, 0.25) is 0 Å². The SMILES string of the molecule is C/C(=C\c1cc(C(C)(C)C)ccc1C)c1ccccc1. The van der Waals surface area contributed by atoms with Gasteiger partial charge in [-0.05, 0) is 47.1 Å². The fraction of sp³-hybridized carbons (Fsp3) is 0.300. The van der Waals surface area contributed by atoms with Crippen LogP contribution in [0, 0.1) is 6.92 Å². The van der Waals surface area contributed by atoms with Gasteiger partial charge >= 0.3 is 0 Å². The molecule has 20 heavy (non-hydrogen) atoms. The molecule has 0 radical (unpaired) electrons. The monoisotopic (exact) mass is 264 g/mol. The zero-order valence-electron chi connectivity index (χ0n) is 13.2. The molecule has 0 aromatic heterocycles. The molecule has 0 saturated heterocycles. The summed E-state index contributed by atoms with van der Waals surface area (Å²) in [4.78, 5) is 0. The van der Waals surface area contributed by atoms with E-state index in [1.54, 1.807) is 0 Å². The summed E-state index contributed by atoms with van der Waals surface area (Å²) < 4.78 is 0. The Morgan fingerprint density at radius 2 is 1.60 bits per heavy atom. The second-order valence-corrected chi connectivity index (χ2v) is 6.51. The molecule has 0 atom stereocenters. The summed E-state index contributed by atoms with van der Waals surface area (Å²) in [6, 6.07) is 17.3. The minimum absolute atomic E-state index is 0.191. The Hall–Kier alpha value is -1.82. The summed E-state index contributed by atoms with van der Waals surface area (Å²) in [6.45, 7) is 11.1. The fourth-order valence-electron chi connectivity index (χ4n) is 2.28. The Bertz CT molecular complexity index is 610. The van der Waals surface area contributed by atoms with Gasteiger partial charge in [-0.1, -0.05) is 75.4 Å². The molecule has 0 unspecified atom stereocenters. The maximum Gasteiger partial charge on any atom is -0.0132 e. The van der Waals surface area contributed by atoms with Crippen LogP contribution in [0.5, 0.6) is 0 Å². The van der Waals surface area contributed by atoms with Crippen molar-refractivity contribution in [2.24, 2.45) is 0 Å². The highest BCUT2D eigenvalue weighted by Crippen LogP contribution is 2.26. The van der Waals surface area contributed by atoms with Gasteiger partial charge in [-0.25, -0.2) is 0 Å². The highest BCUT2D eigenvalue weighted by atomic mass is 14.2. The van der Waals surface area contributed by atoms with Gasteiger partial charge in [-0.15, -0.1) is 0 Å². The molecule has 2 rings (SSSR count). The molecule has 0 spiro atoms. The standard InChI is InChI=1S/C20H24/c1-15-11-12-19(20(3,4)5)14-18(15)13-16(2)17-9-7-6-8-10-17/h6-14H,1-5H3/b16-13+. The second-order valence-electron chi connectivity index (χ2n) is 6.51. The lowest BCUT2D eigenvalue weighted by molar-refractivity contribution is 0.590. The van der Waals surface area contributed by atoms with Crippen LogP contribution in [-0.4, -0.2) is 0 Å². The van der Waals surface area contributed by atoms with E-state index in [4.69, 9.17) is 0 Å². The summed E-state index contributed by atoms with van der Waals surface area (Å²) >= 11 is 0. The van der Waals surface area contributed by atoms with Gasteiger partial charge in [-0.2, -0.15) is 0 Å². The van der Waals surface area contributed by atoms with Gasteiger partial charge in [0.1, 0.15) is 0 Å². The van der Waals surface area contributed by atoms with Gasteiger partial charge in [0.05, 0.1) is 0 Å². The van der Waals surface area contributed by atoms with Gasteiger partial charge in [0, 0.05) is 0 Å². The van der Waals surface area contributed by atoms with Crippen molar-refractivity contribution in [3.63, 3.8) is 0 Å². The lowest BCUT2D eigenvalue weighted by atomic mass is 9.85. The van der Waals surface area contributed by atoms with Crippen molar-refractivity contribution in [2.75, 3.05) is 0 Å². The molecule has 0 aliphatic rings. The topological polar surface area (TPSA) is 0 Å². The van der Waals surface area contributed by atoms with E-state index in [0.717, 1.165) is 0 Å². The zero-order chi connectivity index (χ0) is 14.8. The van der Waals surface area contributed by atoms with Crippen molar-refractivity contribution < 1.29 is 0 Å². The summed E-state index contributed by atoms with van der Waals surface area (Å²) in [7, 11) is 0. The van der Waals surface area contributed by atoms with Crippen molar-refractivity contribution in [1.29, 1.82) is 0 Å². The van der Waals surface area contributed by atoms with E-state index in [-0.39, 0.29) is 5.41 Å². The highest BCUT2D eigenvalue weighted by molar-refractivity contribution is 5.81. The quantitative estimate of drug-likeness (QED) is 0.596. The van der Waals surface area contributed by atoms with Crippen LogP contribution in [0.1, 0.15) is 49.9 Å². The number of rotatable bonds is 2. The van der Waals surface area contributed by atoms with Gasteiger partial charge in [0.15, 0.2) is 0 Å². The average Bonchev–Trinajstić information content (AvgIpc) is 2.41. The molecule has 0 nitrogen and oxygen atoms in total. The van der Waals surface area contributed by atoms with E-state index in [2.05, 4.69) is 89.2 Å². The Kier molecular flexibility index (Phi) is 4.13. The predicted molar refractivity (Wildman–Crippen MR) is 89.9 cm³/mol. The Morgan fingerprint density at radius 1 is 0.950 bits per heavy atom. The third kappa shape index (κ3) is 3.39. The molecule has 0 bridgehead atoms. The molecule has 0 aliphatic carbocycles. The van der Waals surface area contributed by atoms with Crippen LogP contribution in [0.3, 0.4) is 0 Å². The smallest absolute Gasteiger partial charge is 0.0132 e. The molecule has 2 aromatic carbocycles. The van der Waals surface area contributed by atoms with Gasteiger partial charge in [0.25, 0.3) is 0 Å². The molecule has 0 fully saturated rings. The minimum atomic E-state index is 0.191. The van der Waals surface area contributed by atoms with E-state index >= 15 is 0 Å². The maximum atomic E-state index is 2.32. The molecular weight excluding hydrogens is 240 g/mol. The largest absolute Gasteiger partial charge is 0.0622 e. The van der Waals surface area contributed by atoms with E-state index in [1.807, 2.05) is 0 Å². The first-order valence-electron chi connectivity index (χ1n) is 7.23. The number of hydrogen-bond donors (Lipinski definition) is 0. The van der Waals surface area contributed by atoms with Crippen molar-refractivity contribution >= 4 is 11.6 Å². The third-order valence-corrected chi connectivity index (χ3v) is 3.75. The van der Waals surface area contributed by atoms with Crippen LogP contribution < -0.4 is 0 Å². The summed E-state index contributed by atoms with van der Waals surface area (Å²) in [5.74, 6) is 0. The lowest BCUT2D eigenvalue weighted by Crippen LogP contribution is -2.11. The van der Waals surface area contributed by atoms with Crippen molar-refractivity contribution in [3.05, 3.63) is 70.8 Å². The van der Waals surface area contributed by atoms with Crippen LogP contribution in [0.25, 0.3) is 11.6 Å². The summed E-state index contributed by atoms with van der Waals surface area (Å²) in [6.07, 6.45) is 2.29. The Morgan fingerprint density at radius 3 is 2.20 bits per heavy atom. The van der Waals surface area contributed by atoms with Crippen molar-refractivity contribution in [3.8, 4) is 0 Å². The molecule has 0 heteroatoms. The van der Waals surface area contributed by atoms with E-state index in [9.17, 15) is 0 Å². The number of aryl methyl sites for hydroxylation is 1. The lowest BCUT2D eigenvalue weighted by Gasteiger charge is -2.20. The van der Waals surface area contributed by atoms with Gasteiger partial charge < -0.3 is 0 Å². The molecule has 2 aromatic rings.